The van der Waals surface area contributed by atoms with Crippen molar-refractivity contribution in [1.82, 2.24) is 0 Å². The summed E-state index contributed by atoms with van der Waals surface area (Å²) < 4.78 is 15.6. The number of hydrogen-bond acceptors (Lipinski definition) is 8. The van der Waals surface area contributed by atoms with Gasteiger partial charge in [-0.3, -0.25) is 9.59 Å². The molecule has 3 aromatic rings. The number of anilines is 2. The van der Waals surface area contributed by atoms with Crippen LogP contribution in [0.1, 0.15) is 25.6 Å². The first kappa shape index (κ1) is 23.3. The molecule has 2 amide bonds. The lowest BCUT2D eigenvalue weighted by Gasteiger charge is -2.15. The molecule has 0 aliphatic rings. The number of thiophene rings is 1. The molecule has 1 aromatic heterocycles. The maximum Gasteiger partial charge on any atom is 0.340 e. The Morgan fingerprint density at radius 1 is 1.00 bits per heavy atom. The summed E-state index contributed by atoms with van der Waals surface area (Å²) in [7, 11) is 2.83. The summed E-state index contributed by atoms with van der Waals surface area (Å²) in [6, 6.07) is 14.4. The summed E-state index contributed by atoms with van der Waals surface area (Å²) >= 11 is 1.24. The zero-order chi connectivity index (χ0) is 23.8. The standard InChI is InChI=1S/C23H19N3O6S/c1-30-18-10-16(17(11-19(18)31-2)26-22(28)20-4-3-9-33-20)23(29)32-13-21(27)25-15-7-5-14(12-24)6-8-15/h3-11H,13H2,1-2H3,(H,25,27)(H,26,28). The van der Waals surface area contributed by atoms with Crippen molar-refractivity contribution < 1.29 is 28.6 Å². The van der Waals surface area contributed by atoms with Crippen LogP contribution in [0.3, 0.4) is 0 Å². The van der Waals surface area contributed by atoms with E-state index in [1.165, 1.54) is 37.7 Å². The van der Waals surface area contributed by atoms with Crippen molar-refractivity contribution in [3.8, 4) is 17.6 Å². The molecule has 0 fully saturated rings. The lowest BCUT2D eigenvalue weighted by molar-refractivity contribution is -0.119. The van der Waals surface area contributed by atoms with E-state index < -0.39 is 24.4 Å². The number of rotatable bonds is 8. The zero-order valence-corrected chi connectivity index (χ0v) is 18.5. The number of ether oxygens (including phenoxy) is 3. The molecule has 0 spiro atoms. The van der Waals surface area contributed by atoms with Gasteiger partial charge in [0, 0.05) is 17.8 Å². The monoisotopic (exact) mass is 465 g/mol. The number of esters is 1. The van der Waals surface area contributed by atoms with E-state index in [0.717, 1.165) is 0 Å². The number of nitriles is 1. The molecule has 0 radical (unpaired) electrons. The Bertz CT molecular complexity index is 1200. The highest BCUT2D eigenvalue weighted by Crippen LogP contribution is 2.34. The Kier molecular flexibility index (Phi) is 7.62. The van der Waals surface area contributed by atoms with Crippen molar-refractivity contribution in [3.05, 3.63) is 69.9 Å². The Morgan fingerprint density at radius 3 is 2.30 bits per heavy atom. The molecule has 168 valence electrons. The largest absolute Gasteiger partial charge is 0.493 e. The maximum atomic E-state index is 12.8. The van der Waals surface area contributed by atoms with Crippen LogP contribution in [0.4, 0.5) is 11.4 Å². The minimum Gasteiger partial charge on any atom is -0.493 e. The van der Waals surface area contributed by atoms with Gasteiger partial charge in [-0.1, -0.05) is 6.07 Å². The zero-order valence-electron chi connectivity index (χ0n) is 17.7. The van der Waals surface area contributed by atoms with Crippen LogP contribution in [0.5, 0.6) is 11.5 Å². The SMILES string of the molecule is COc1cc(NC(=O)c2cccs2)c(C(=O)OCC(=O)Nc2ccc(C#N)cc2)cc1OC. The summed E-state index contributed by atoms with van der Waals surface area (Å²) in [5.74, 6) is -1.27. The number of nitrogens with zero attached hydrogens (tertiary/aromatic N) is 1. The van der Waals surface area contributed by atoms with E-state index in [1.54, 1.807) is 41.8 Å². The molecule has 1 heterocycles. The van der Waals surface area contributed by atoms with Gasteiger partial charge in [-0.05, 0) is 35.7 Å². The van der Waals surface area contributed by atoms with E-state index in [9.17, 15) is 14.4 Å². The van der Waals surface area contributed by atoms with Crippen molar-refractivity contribution in [2.75, 3.05) is 31.5 Å². The van der Waals surface area contributed by atoms with Crippen LogP contribution >= 0.6 is 11.3 Å². The van der Waals surface area contributed by atoms with Crippen molar-refractivity contribution in [2.24, 2.45) is 0 Å². The summed E-state index contributed by atoms with van der Waals surface area (Å²) in [6.45, 7) is -0.564. The highest BCUT2D eigenvalue weighted by Gasteiger charge is 2.21. The number of carbonyl (C=O) groups excluding carboxylic acids is 3. The number of benzene rings is 2. The van der Waals surface area contributed by atoms with Crippen LogP contribution < -0.4 is 20.1 Å². The summed E-state index contributed by atoms with van der Waals surface area (Å²) in [5, 5.41) is 15.8. The molecular weight excluding hydrogens is 446 g/mol. The average Bonchev–Trinajstić information content (AvgIpc) is 3.38. The van der Waals surface area contributed by atoms with Gasteiger partial charge in [-0.15, -0.1) is 11.3 Å². The predicted octanol–water partition coefficient (Wildman–Crippen LogP) is 3.68. The molecule has 0 aliphatic carbocycles. The summed E-state index contributed by atoms with van der Waals surface area (Å²) in [6.07, 6.45) is 0. The van der Waals surface area contributed by atoms with Gasteiger partial charge in [0.25, 0.3) is 11.8 Å². The molecule has 0 bridgehead atoms. The maximum absolute atomic E-state index is 12.8. The van der Waals surface area contributed by atoms with Gasteiger partial charge >= 0.3 is 5.97 Å². The molecule has 9 nitrogen and oxygen atoms in total. The van der Waals surface area contributed by atoms with Gasteiger partial charge in [0.05, 0.1) is 42.0 Å². The molecule has 10 heteroatoms. The molecule has 0 saturated heterocycles. The second-order valence-electron chi connectivity index (χ2n) is 6.50. The Hall–Kier alpha value is -4.36. The number of hydrogen-bond donors (Lipinski definition) is 2. The molecule has 3 rings (SSSR count). The third kappa shape index (κ3) is 5.87. The van der Waals surface area contributed by atoms with Gasteiger partial charge in [0.2, 0.25) is 0 Å². The van der Waals surface area contributed by atoms with E-state index in [4.69, 9.17) is 19.5 Å². The molecule has 2 N–H and O–H groups in total. The highest BCUT2D eigenvalue weighted by molar-refractivity contribution is 7.12. The van der Waals surface area contributed by atoms with Gasteiger partial charge in [0.1, 0.15) is 0 Å². The number of amides is 2. The minimum atomic E-state index is -0.840. The minimum absolute atomic E-state index is 0.0104. The number of methoxy groups -OCH3 is 2. The first-order valence-electron chi connectivity index (χ1n) is 9.53. The number of carbonyl (C=O) groups is 3. The van der Waals surface area contributed by atoms with E-state index in [-0.39, 0.29) is 17.0 Å². The second-order valence-corrected chi connectivity index (χ2v) is 7.45. The van der Waals surface area contributed by atoms with Crippen LogP contribution in [0.2, 0.25) is 0 Å². The lowest BCUT2D eigenvalue weighted by Crippen LogP contribution is -2.22. The predicted molar refractivity (Wildman–Crippen MR) is 122 cm³/mol. The fourth-order valence-electron chi connectivity index (χ4n) is 2.78. The quantitative estimate of drug-likeness (QED) is 0.486. The Morgan fingerprint density at radius 2 is 1.70 bits per heavy atom. The Balaban J connectivity index is 1.74. The first-order valence-corrected chi connectivity index (χ1v) is 10.4. The molecule has 0 atom stereocenters. The van der Waals surface area contributed by atoms with Crippen LogP contribution in [0.15, 0.2) is 53.9 Å². The van der Waals surface area contributed by atoms with E-state index in [2.05, 4.69) is 10.6 Å². The van der Waals surface area contributed by atoms with Crippen molar-refractivity contribution in [3.63, 3.8) is 0 Å². The van der Waals surface area contributed by atoms with Crippen molar-refractivity contribution in [2.45, 2.75) is 0 Å². The first-order chi connectivity index (χ1) is 15.9. The third-order valence-electron chi connectivity index (χ3n) is 4.37. The van der Waals surface area contributed by atoms with Crippen LogP contribution in [-0.2, 0) is 9.53 Å². The van der Waals surface area contributed by atoms with Gasteiger partial charge in [-0.2, -0.15) is 5.26 Å². The average molecular weight is 465 g/mol. The van der Waals surface area contributed by atoms with Gasteiger partial charge < -0.3 is 24.8 Å². The second kappa shape index (κ2) is 10.8. The highest BCUT2D eigenvalue weighted by atomic mass is 32.1. The lowest BCUT2D eigenvalue weighted by atomic mass is 10.1. The van der Waals surface area contributed by atoms with Crippen LogP contribution in [0, 0.1) is 11.3 Å². The molecule has 2 aromatic carbocycles. The van der Waals surface area contributed by atoms with E-state index in [0.29, 0.717) is 21.9 Å². The van der Waals surface area contributed by atoms with E-state index >= 15 is 0 Å². The topological polar surface area (TPSA) is 127 Å². The fourth-order valence-corrected chi connectivity index (χ4v) is 3.40. The summed E-state index contributed by atoms with van der Waals surface area (Å²) in [4.78, 5) is 37.9. The van der Waals surface area contributed by atoms with Crippen LogP contribution in [-0.4, -0.2) is 38.6 Å². The molecule has 0 aliphatic heterocycles. The van der Waals surface area contributed by atoms with Crippen molar-refractivity contribution >= 4 is 40.5 Å². The third-order valence-corrected chi connectivity index (χ3v) is 5.24. The number of nitrogens with one attached hydrogen (secondary N) is 2. The normalized spacial score (nSPS) is 9.97. The molecule has 0 unspecified atom stereocenters. The molecule has 0 saturated carbocycles. The van der Waals surface area contributed by atoms with Crippen LogP contribution in [0.25, 0.3) is 0 Å². The summed E-state index contributed by atoms with van der Waals surface area (Å²) in [5.41, 5.74) is 1.03. The van der Waals surface area contributed by atoms with E-state index in [1.807, 2.05) is 6.07 Å². The van der Waals surface area contributed by atoms with Gasteiger partial charge in [0.15, 0.2) is 18.1 Å². The smallest absolute Gasteiger partial charge is 0.340 e. The molecule has 33 heavy (non-hydrogen) atoms. The fraction of sp³-hybridized carbons (Fsp3) is 0.130. The van der Waals surface area contributed by atoms with Crippen molar-refractivity contribution in [1.29, 1.82) is 5.26 Å². The van der Waals surface area contributed by atoms with Gasteiger partial charge in [-0.25, -0.2) is 4.79 Å². The molecular formula is C23H19N3O6S. The Labute approximate surface area is 193 Å².